The van der Waals surface area contributed by atoms with E-state index in [1.54, 1.807) is 24.3 Å². The van der Waals surface area contributed by atoms with Crippen molar-refractivity contribution in [3.05, 3.63) is 58.9 Å². The van der Waals surface area contributed by atoms with Gasteiger partial charge in [-0.1, -0.05) is 17.7 Å². The quantitative estimate of drug-likeness (QED) is 0.887. The van der Waals surface area contributed by atoms with E-state index >= 15 is 0 Å². The lowest BCUT2D eigenvalue weighted by atomic mass is 10.2. The van der Waals surface area contributed by atoms with Crippen LogP contribution in [0.15, 0.2) is 47.4 Å². The lowest BCUT2D eigenvalue weighted by Gasteiger charge is -2.10. The zero-order valence-electron chi connectivity index (χ0n) is 11.2. The van der Waals surface area contributed by atoms with E-state index < -0.39 is 10.0 Å². The molecule has 21 heavy (non-hydrogen) atoms. The molecule has 2 N–H and O–H groups in total. The summed E-state index contributed by atoms with van der Waals surface area (Å²) in [6.45, 7) is 0.212. The minimum absolute atomic E-state index is 0.166. The fourth-order valence-electron chi connectivity index (χ4n) is 1.76. The van der Waals surface area contributed by atoms with E-state index in [-0.39, 0.29) is 17.3 Å². The highest BCUT2D eigenvalue weighted by atomic mass is 35.5. The molecule has 2 aromatic carbocycles. The molecule has 0 fully saturated rings. The van der Waals surface area contributed by atoms with E-state index in [1.807, 2.05) is 0 Å². The number of rotatable bonds is 5. The van der Waals surface area contributed by atoms with Crippen molar-refractivity contribution in [3.63, 3.8) is 0 Å². The lowest BCUT2D eigenvalue weighted by molar-refractivity contribution is 0.588. The van der Waals surface area contributed by atoms with Crippen molar-refractivity contribution in [2.45, 2.75) is 11.4 Å². The summed E-state index contributed by atoms with van der Waals surface area (Å²) in [5.74, 6) is -0.385. The summed E-state index contributed by atoms with van der Waals surface area (Å²) in [4.78, 5) is 0.166. The molecule has 0 aliphatic carbocycles. The van der Waals surface area contributed by atoms with E-state index in [0.717, 1.165) is 0 Å². The summed E-state index contributed by atoms with van der Waals surface area (Å²) in [5.41, 5.74) is 1.04. The molecule has 0 saturated heterocycles. The molecule has 0 aliphatic rings. The standard InChI is InChI=1S/C14H14ClFN2O2S/c1-17-21(19,20)11-7-5-10(6-8-11)18-9-12-13(15)3-2-4-14(12)16/h2-8,17-18H,9H2,1H3. The van der Waals surface area contributed by atoms with Gasteiger partial charge in [-0.2, -0.15) is 0 Å². The number of hydrogen-bond donors (Lipinski definition) is 2. The van der Waals surface area contributed by atoms with Crippen LogP contribution in [-0.2, 0) is 16.6 Å². The summed E-state index contributed by atoms with van der Waals surface area (Å²) in [6.07, 6.45) is 0. The molecule has 0 spiro atoms. The van der Waals surface area contributed by atoms with Gasteiger partial charge in [-0.15, -0.1) is 0 Å². The van der Waals surface area contributed by atoms with Crippen molar-refractivity contribution in [1.29, 1.82) is 0 Å². The van der Waals surface area contributed by atoms with Gasteiger partial charge in [-0.3, -0.25) is 0 Å². The van der Waals surface area contributed by atoms with Gasteiger partial charge in [-0.25, -0.2) is 17.5 Å². The van der Waals surface area contributed by atoms with Crippen LogP contribution in [0.5, 0.6) is 0 Å². The number of sulfonamides is 1. The Balaban J connectivity index is 2.12. The van der Waals surface area contributed by atoms with Gasteiger partial charge in [0, 0.05) is 22.8 Å². The Bertz CT molecular complexity index is 713. The fourth-order valence-corrected chi connectivity index (χ4v) is 2.72. The zero-order chi connectivity index (χ0) is 15.5. The number of hydrogen-bond acceptors (Lipinski definition) is 3. The molecule has 0 bridgehead atoms. The van der Waals surface area contributed by atoms with E-state index in [2.05, 4.69) is 10.0 Å². The molecule has 112 valence electrons. The molecular formula is C14H14ClFN2O2S. The Morgan fingerprint density at radius 2 is 1.81 bits per heavy atom. The lowest BCUT2D eigenvalue weighted by Crippen LogP contribution is -2.18. The first-order chi connectivity index (χ1) is 9.94. The average molecular weight is 329 g/mol. The molecule has 0 saturated carbocycles. The van der Waals surface area contributed by atoms with E-state index in [1.165, 1.54) is 25.2 Å². The van der Waals surface area contributed by atoms with Crippen LogP contribution in [0, 0.1) is 5.82 Å². The van der Waals surface area contributed by atoms with E-state index in [9.17, 15) is 12.8 Å². The van der Waals surface area contributed by atoms with E-state index in [0.29, 0.717) is 16.3 Å². The second kappa shape index (κ2) is 6.43. The molecule has 4 nitrogen and oxygen atoms in total. The van der Waals surface area contributed by atoms with Gasteiger partial charge < -0.3 is 5.32 Å². The number of halogens is 2. The Hall–Kier alpha value is -1.63. The molecule has 0 aromatic heterocycles. The van der Waals surface area contributed by atoms with Gasteiger partial charge in [0.1, 0.15) is 5.82 Å². The maximum atomic E-state index is 13.6. The van der Waals surface area contributed by atoms with Crippen LogP contribution in [0.1, 0.15) is 5.56 Å². The Morgan fingerprint density at radius 3 is 2.38 bits per heavy atom. The Morgan fingerprint density at radius 1 is 1.14 bits per heavy atom. The Labute approximate surface area is 128 Å². The van der Waals surface area contributed by atoms with Crippen LogP contribution in [0.4, 0.5) is 10.1 Å². The number of nitrogens with one attached hydrogen (secondary N) is 2. The summed E-state index contributed by atoms with van der Waals surface area (Å²) in [7, 11) is -2.11. The first-order valence-electron chi connectivity index (χ1n) is 6.14. The van der Waals surface area contributed by atoms with Crippen LogP contribution in [-0.4, -0.2) is 15.5 Å². The minimum Gasteiger partial charge on any atom is -0.381 e. The molecule has 0 radical (unpaired) electrons. The van der Waals surface area contributed by atoms with Gasteiger partial charge in [-0.05, 0) is 43.4 Å². The number of anilines is 1. The molecule has 7 heteroatoms. The van der Waals surface area contributed by atoms with Crippen molar-refractivity contribution in [3.8, 4) is 0 Å². The smallest absolute Gasteiger partial charge is 0.240 e. The first-order valence-corrected chi connectivity index (χ1v) is 8.00. The summed E-state index contributed by atoms with van der Waals surface area (Å²) in [6, 6.07) is 10.7. The highest BCUT2D eigenvalue weighted by Crippen LogP contribution is 2.21. The van der Waals surface area contributed by atoms with Crippen LogP contribution >= 0.6 is 11.6 Å². The van der Waals surface area contributed by atoms with Crippen molar-refractivity contribution in [2.24, 2.45) is 0 Å². The minimum atomic E-state index is -3.45. The third kappa shape index (κ3) is 3.72. The van der Waals surface area contributed by atoms with Crippen LogP contribution in [0.25, 0.3) is 0 Å². The van der Waals surface area contributed by atoms with E-state index in [4.69, 9.17) is 11.6 Å². The highest BCUT2D eigenvalue weighted by Gasteiger charge is 2.11. The van der Waals surface area contributed by atoms with Crippen molar-refractivity contribution in [1.82, 2.24) is 4.72 Å². The second-order valence-electron chi connectivity index (χ2n) is 4.29. The highest BCUT2D eigenvalue weighted by molar-refractivity contribution is 7.89. The van der Waals surface area contributed by atoms with Gasteiger partial charge in [0.15, 0.2) is 0 Å². The molecule has 0 atom stereocenters. The van der Waals surface area contributed by atoms with Gasteiger partial charge in [0.25, 0.3) is 0 Å². The second-order valence-corrected chi connectivity index (χ2v) is 6.58. The van der Waals surface area contributed by atoms with Crippen LogP contribution in [0.2, 0.25) is 5.02 Å². The molecule has 0 heterocycles. The van der Waals surface area contributed by atoms with Crippen LogP contribution in [0.3, 0.4) is 0 Å². The number of benzene rings is 2. The largest absolute Gasteiger partial charge is 0.381 e. The van der Waals surface area contributed by atoms with Crippen molar-refractivity contribution >= 4 is 27.3 Å². The molecule has 2 aromatic rings. The zero-order valence-corrected chi connectivity index (χ0v) is 12.8. The summed E-state index contributed by atoms with van der Waals surface area (Å²) >= 11 is 5.93. The fraction of sp³-hybridized carbons (Fsp3) is 0.143. The summed E-state index contributed by atoms with van der Waals surface area (Å²) in [5, 5.41) is 3.34. The maximum absolute atomic E-state index is 13.6. The monoisotopic (exact) mass is 328 g/mol. The predicted octanol–water partition coefficient (Wildman–Crippen LogP) is 3.00. The van der Waals surface area contributed by atoms with Crippen molar-refractivity contribution in [2.75, 3.05) is 12.4 Å². The van der Waals surface area contributed by atoms with Gasteiger partial charge in [0.05, 0.1) is 4.90 Å². The maximum Gasteiger partial charge on any atom is 0.240 e. The molecular weight excluding hydrogens is 315 g/mol. The third-order valence-electron chi connectivity index (χ3n) is 2.96. The predicted molar refractivity (Wildman–Crippen MR) is 81.4 cm³/mol. The normalized spacial score (nSPS) is 11.4. The Kier molecular flexibility index (Phi) is 4.82. The molecule has 0 amide bonds. The third-order valence-corrected chi connectivity index (χ3v) is 4.75. The molecule has 0 unspecified atom stereocenters. The van der Waals surface area contributed by atoms with Crippen LogP contribution < -0.4 is 10.0 Å². The van der Waals surface area contributed by atoms with Gasteiger partial charge >= 0.3 is 0 Å². The molecule has 2 rings (SSSR count). The average Bonchev–Trinajstić information content (AvgIpc) is 2.47. The summed E-state index contributed by atoms with van der Waals surface area (Å²) < 4.78 is 39.0. The first kappa shape index (κ1) is 15.8. The van der Waals surface area contributed by atoms with Crippen molar-refractivity contribution < 1.29 is 12.8 Å². The topological polar surface area (TPSA) is 58.2 Å². The van der Waals surface area contributed by atoms with Gasteiger partial charge in [0.2, 0.25) is 10.0 Å². The SMILES string of the molecule is CNS(=O)(=O)c1ccc(NCc2c(F)cccc2Cl)cc1. The molecule has 0 aliphatic heterocycles.